The molecule has 0 radical (unpaired) electrons. The summed E-state index contributed by atoms with van der Waals surface area (Å²) in [4.78, 5) is 10.8. The molecule has 0 heterocycles. The molecule has 0 fully saturated rings. The number of hydrogen-bond acceptors (Lipinski definition) is 1. The quantitative estimate of drug-likeness (QED) is 0.459. The van der Waals surface area contributed by atoms with E-state index < -0.39 is 27.4 Å². The molecule has 1 amide bonds. The smallest absolute Gasteiger partial charge is 0.350 e. The molecule has 2 nitrogen and oxygen atoms in total. The minimum absolute atomic E-state index is 0.102. The van der Waals surface area contributed by atoms with Crippen molar-refractivity contribution in [3.8, 4) is 0 Å². The first-order chi connectivity index (χ1) is 9.01. The fourth-order valence-electron chi connectivity index (χ4n) is 1.34. The van der Waals surface area contributed by atoms with Gasteiger partial charge in [-0.15, -0.1) is 0 Å². The standard InChI is InChI=1S/C11H8F6INO/c12-8-5-7(10(13,14)15)2-1-6(8)3-4-19-9(20)11(16,17)18/h1-2,5H,3-4H2,(H,19,20). The van der Waals surface area contributed by atoms with E-state index >= 15 is 0 Å². The molecule has 1 rings (SSSR count). The van der Waals surface area contributed by atoms with Crippen molar-refractivity contribution in [3.05, 3.63) is 35.1 Å². The topological polar surface area (TPSA) is 29.1 Å². The molecule has 1 aromatic rings. The van der Waals surface area contributed by atoms with Crippen molar-refractivity contribution >= 4 is 28.5 Å². The predicted molar refractivity (Wildman–Crippen MR) is 67.1 cm³/mol. The molecule has 0 saturated heterocycles. The van der Waals surface area contributed by atoms with Gasteiger partial charge in [-0.2, -0.15) is 22.0 Å². The second-order valence-corrected chi connectivity index (χ2v) is 5.16. The van der Waals surface area contributed by atoms with Crippen molar-refractivity contribution < 1.29 is 31.1 Å². The highest BCUT2D eigenvalue weighted by Crippen LogP contribution is 2.30. The highest BCUT2D eigenvalue weighted by Gasteiger charge is 2.34. The number of carbonyl (C=O) groups excluding carboxylic acids is 1. The number of halogens is 7. The molecule has 0 saturated carbocycles. The van der Waals surface area contributed by atoms with Gasteiger partial charge in [-0.3, -0.25) is 4.79 Å². The zero-order valence-corrected chi connectivity index (χ0v) is 11.9. The van der Waals surface area contributed by atoms with E-state index in [0.717, 1.165) is 6.07 Å². The SMILES string of the molecule is O=C(NCCc1ccc(C(F)(F)F)cc1F)C(F)(F)I. The Balaban J connectivity index is 2.65. The second-order valence-electron chi connectivity index (χ2n) is 3.81. The molecule has 0 aliphatic carbocycles. The maximum absolute atomic E-state index is 13.4. The van der Waals surface area contributed by atoms with Crippen molar-refractivity contribution in [1.29, 1.82) is 0 Å². The van der Waals surface area contributed by atoms with Crippen LogP contribution < -0.4 is 5.32 Å². The monoisotopic (exact) mass is 411 g/mol. The van der Waals surface area contributed by atoms with Crippen LogP contribution in [0.25, 0.3) is 0 Å². The van der Waals surface area contributed by atoms with E-state index in [9.17, 15) is 31.1 Å². The summed E-state index contributed by atoms with van der Waals surface area (Å²) in [6.45, 7) is -0.306. The van der Waals surface area contributed by atoms with Gasteiger partial charge in [-0.25, -0.2) is 4.39 Å². The molecule has 0 spiro atoms. The average Bonchev–Trinajstić information content (AvgIpc) is 2.28. The number of amides is 1. The first kappa shape index (κ1) is 17.1. The van der Waals surface area contributed by atoms with Gasteiger partial charge in [0.2, 0.25) is 0 Å². The lowest BCUT2D eigenvalue weighted by atomic mass is 10.1. The number of rotatable bonds is 4. The lowest BCUT2D eigenvalue weighted by molar-refractivity contribution is -0.137. The van der Waals surface area contributed by atoms with E-state index in [-0.39, 0.29) is 18.5 Å². The summed E-state index contributed by atoms with van der Waals surface area (Å²) in [6.07, 6.45) is -4.85. The van der Waals surface area contributed by atoms with Gasteiger partial charge in [0.15, 0.2) is 0 Å². The van der Waals surface area contributed by atoms with Crippen molar-refractivity contribution in [3.63, 3.8) is 0 Å². The van der Waals surface area contributed by atoms with Gasteiger partial charge in [-0.05, 0) is 24.1 Å². The minimum atomic E-state index is -4.66. The number of hydrogen-bond donors (Lipinski definition) is 1. The molecular formula is C11H8F6INO. The summed E-state index contributed by atoms with van der Waals surface area (Å²) in [6, 6.07) is 1.92. The van der Waals surface area contributed by atoms with E-state index in [4.69, 9.17) is 0 Å². The van der Waals surface area contributed by atoms with Crippen LogP contribution in [0.2, 0.25) is 0 Å². The van der Waals surface area contributed by atoms with Crippen LogP contribution in [-0.2, 0) is 17.4 Å². The van der Waals surface area contributed by atoms with Crippen LogP contribution in [0.4, 0.5) is 26.3 Å². The normalized spacial score (nSPS) is 12.3. The Morgan fingerprint density at radius 2 is 1.80 bits per heavy atom. The van der Waals surface area contributed by atoms with Gasteiger partial charge in [0.1, 0.15) is 5.82 Å². The number of benzene rings is 1. The molecule has 0 unspecified atom stereocenters. The summed E-state index contributed by atoms with van der Waals surface area (Å²) in [5.41, 5.74) is -1.24. The minimum Gasteiger partial charge on any atom is -0.350 e. The third kappa shape index (κ3) is 4.84. The van der Waals surface area contributed by atoms with E-state index in [1.54, 1.807) is 0 Å². The fourth-order valence-corrected chi connectivity index (χ4v) is 1.53. The zero-order valence-electron chi connectivity index (χ0n) is 9.70. The third-order valence-electron chi connectivity index (χ3n) is 2.32. The maximum Gasteiger partial charge on any atom is 0.416 e. The van der Waals surface area contributed by atoms with E-state index in [1.165, 1.54) is 0 Å². The molecule has 0 aliphatic rings. The Morgan fingerprint density at radius 3 is 2.25 bits per heavy atom. The number of nitrogens with one attached hydrogen (secondary N) is 1. The van der Waals surface area contributed by atoms with Gasteiger partial charge in [0, 0.05) is 29.1 Å². The second kappa shape index (κ2) is 6.19. The van der Waals surface area contributed by atoms with Crippen LogP contribution >= 0.6 is 22.6 Å². The van der Waals surface area contributed by atoms with Crippen molar-refractivity contribution in [2.75, 3.05) is 6.54 Å². The van der Waals surface area contributed by atoms with Crippen LogP contribution in [0.1, 0.15) is 11.1 Å². The number of alkyl halides is 6. The predicted octanol–water partition coefficient (Wildman–Crippen LogP) is 3.53. The van der Waals surface area contributed by atoms with Gasteiger partial charge in [-0.1, -0.05) is 6.07 Å². The lowest BCUT2D eigenvalue weighted by Crippen LogP contribution is -2.36. The third-order valence-corrected chi connectivity index (χ3v) is 2.81. The molecule has 1 N–H and O–H groups in total. The molecule has 0 aliphatic heterocycles. The highest BCUT2D eigenvalue weighted by molar-refractivity contribution is 14.1. The summed E-state index contributed by atoms with van der Waals surface area (Å²) < 4.78 is 71.6. The molecule has 20 heavy (non-hydrogen) atoms. The van der Waals surface area contributed by atoms with Gasteiger partial charge in [0.05, 0.1) is 5.56 Å². The van der Waals surface area contributed by atoms with Gasteiger partial charge >= 0.3 is 16.0 Å². The van der Waals surface area contributed by atoms with Crippen LogP contribution in [0.3, 0.4) is 0 Å². The van der Waals surface area contributed by atoms with E-state index in [1.807, 2.05) is 5.32 Å². The summed E-state index contributed by atoms with van der Waals surface area (Å²) >= 11 is 0.632. The highest BCUT2D eigenvalue weighted by atomic mass is 127. The Hall–Kier alpha value is -1.00. The van der Waals surface area contributed by atoms with Crippen molar-refractivity contribution in [2.24, 2.45) is 0 Å². The largest absolute Gasteiger partial charge is 0.416 e. The summed E-state index contributed by atoms with van der Waals surface area (Å²) in [7, 11) is 0. The molecule has 0 aromatic heterocycles. The molecule has 0 bridgehead atoms. The van der Waals surface area contributed by atoms with E-state index in [2.05, 4.69) is 0 Å². The van der Waals surface area contributed by atoms with Gasteiger partial charge < -0.3 is 5.32 Å². The molecular weight excluding hydrogens is 403 g/mol. The van der Waals surface area contributed by atoms with Crippen LogP contribution in [0.5, 0.6) is 0 Å². The van der Waals surface area contributed by atoms with E-state index in [0.29, 0.717) is 34.7 Å². The average molecular weight is 411 g/mol. The molecule has 0 atom stereocenters. The lowest BCUT2D eigenvalue weighted by Gasteiger charge is -2.11. The Labute approximate surface area is 123 Å². The summed E-state index contributed by atoms with van der Waals surface area (Å²) in [5, 5.41) is 1.86. The number of carbonyl (C=O) groups is 1. The fraction of sp³-hybridized carbons (Fsp3) is 0.364. The molecule has 1 aromatic carbocycles. The van der Waals surface area contributed by atoms with Gasteiger partial charge in [0.25, 0.3) is 0 Å². The maximum atomic E-state index is 13.4. The first-order valence-corrected chi connectivity index (χ1v) is 6.30. The molecule has 9 heteroatoms. The Bertz CT molecular complexity index is 497. The Kier molecular flexibility index (Phi) is 5.27. The van der Waals surface area contributed by atoms with Crippen LogP contribution in [-0.4, -0.2) is 16.4 Å². The van der Waals surface area contributed by atoms with Crippen LogP contribution in [0.15, 0.2) is 18.2 Å². The van der Waals surface area contributed by atoms with Crippen molar-refractivity contribution in [1.82, 2.24) is 5.32 Å². The van der Waals surface area contributed by atoms with Crippen LogP contribution in [0, 0.1) is 5.82 Å². The Morgan fingerprint density at radius 1 is 1.20 bits per heavy atom. The molecule has 112 valence electrons. The van der Waals surface area contributed by atoms with Crippen molar-refractivity contribution in [2.45, 2.75) is 16.5 Å². The summed E-state index contributed by atoms with van der Waals surface area (Å²) in [5.74, 6) is -2.64. The zero-order chi connectivity index (χ0) is 15.6. The first-order valence-electron chi connectivity index (χ1n) is 5.22.